The van der Waals surface area contributed by atoms with Crippen LogP contribution >= 0.6 is 34.9 Å². The molecule has 8 heteroatoms. The van der Waals surface area contributed by atoms with Gasteiger partial charge in [-0.1, -0.05) is 57.7 Å². The molecule has 0 aliphatic carbocycles. The van der Waals surface area contributed by atoms with Crippen LogP contribution in [0.3, 0.4) is 0 Å². The molecule has 0 aliphatic rings. The highest BCUT2D eigenvalue weighted by molar-refractivity contribution is 8.02. The molecule has 1 aromatic carbocycles. The Hall–Kier alpha value is -1.38. The Kier molecular flexibility index (Phi) is 4.57. The summed E-state index contributed by atoms with van der Waals surface area (Å²) in [6.45, 7) is 2.05. The lowest BCUT2D eigenvalue weighted by Crippen LogP contribution is -1.84. The average Bonchev–Trinajstić information content (AvgIpc) is 3.15. The van der Waals surface area contributed by atoms with Crippen LogP contribution in [0.4, 0.5) is 0 Å². The van der Waals surface area contributed by atoms with Gasteiger partial charge in [0, 0.05) is 5.56 Å². The summed E-state index contributed by atoms with van der Waals surface area (Å²) in [5.74, 6) is 1.84. The highest BCUT2D eigenvalue weighted by Gasteiger charge is 2.10. The van der Waals surface area contributed by atoms with Gasteiger partial charge < -0.3 is 4.52 Å². The normalized spacial score (nSPS) is 11.0. The van der Waals surface area contributed by atoms with Gasteiger partial charge in [-0.25, -0.2) is 0 Å². The summed E-state index contributed by atoms with van der Waals surface area (Å²) < 4.78 is 7.18. The summed E-state index contributed by atoms with van der Waals surface area (Å²) in [6, 6.07) is 8.02. The van der Waals surface area contributed by atoms with E-state index in [1.54, 1.807) is 34.9 Å². The maximum absolute atomic E-state index is 5.29. The molecule has 0 aliphatic heterocycles. The smallest absolute Gasteiger partial charge is 0.257 e. The van der Waals surface area contributed by atoms with Crippen LogP contribution in [0.25, 0.3) is 11.5 Å². The number of nitrogens with zero attached hydrogens (tertiary/aromatic N) is 4. The Morgan fingerprint density at radius 1 is 1.14 bits per heavy atom. The molecule has 0 unspecified atom stereocenters. The van der Waals surface area contributed by atoms with Gasteiger partial charge >= 0.3 is 0 Å². The van der Waals surface area contributed by atoms with Gasteiger partial charge in [-0.15, -0.1) is 10.2 Å². The van der Waals surface area contributed by atoms with Crippen molar-refractivity contribution in [1.29, 1.82) is 0 Å². The van der Waals surface area contributed by atoms with Crippen molar-refractivity contribution in [2.24, 2.45) is 0 Å². The average molecular weight is 336 g/mol. The number of benzene rings is 1. The van der Waals surface area contributed by atoms with E-state index < -0.39 is 0 Å². The van der Waals surface area contributed by atoms with Crippen molar-refractivity contribution in [2.45, 2.75) is 21.4 Å². The molecule has 21 heavy (non-hydrogen) atoms. The molecule has 0 amide bonds. The van der Waals surface area contributed by atoms with E-state index >= 15 is 0 Å². The summed E-state index contributed by atoms with van der Waals surface area (Å²) >= 11 is 4.74. The molecule has 0 radical (unpaired) electrons. The van der Waals surface area contributed by atoms with E-state index in [4.69, 9.17) is 4.52 Å². The van der Waals surface area contributed by atoms with Crippen molar-refractivity contribution < 1.29 is 4.52 Å². The molecular weight excluding hydrogens is 324 g/mol. The van der Waals surface area contributed by atoms with Crippen LogP contribution < -0.4 is 0 Å². The number of aromatic nitrogens is 4. The minimum atomic E-state index is 0.549. The zero-order chi connectivity index (χ0) is 14.7. The highest BCUT2D eigenvalue weighted by Crippen LogP contribution is 2.29. The van der Waals surface area contributed by atoms with E-state index in [1.807, 2.05) is 37.4 Å². The fourth-order valence-corrected chi connectivity index (χ4v) is 3.87. The number of hydrogen-bond donors (Lipinski definition) is 0. The molecule has 5 nitrogen and oxygen atoms in total. The van der Waals surface area contributed by atoms with Gasteiger partial charge in [-0.2, -0.15) is 4.98 Å². The highest BCUT2D eigenvalue weighted by atomic mass is 32.2. The maximum atomic E-state index is 5.29. The lowest BCUT2D eigenvalue weighted by Gasteiger charge is -1.94. The van der Waals surface area contributed by atoms with Crippen molar-refractivity contribution in [1.82, 2.24) is 20.3 Å². The van der Waals surface area contributed by atoms with Gasteiger partial charge in [0.15, 0.2) is 14.5 Å². The van der Waals surface area contributed by atoms with E-state index in [9.17, 15) is 0 Å². The van der Waals surface area contributed by atoms with Gasteiger partial charge in [-0.05, 0) is 25.3 Å². The number of hydrogen-bond acceptors (Lipinski definition) is 8. The zero-order valence-electron chi connectivity index (χ0n) is 11.4. The fraction of sp³-hybridized carbons (Fsp3) is 0.231. The molecule has 0 saturated carbocycles. The first kappa shape index (κ1) is 14.6. The van der Waals surface area contributed by atoms with E-state index in [0.29, 0.717) is 17.5 Å². The lowest BCUT2D eigenvalue weighted by molar-refractivity contribution is 0.425. The lowest BCUT2D eigenvalue weighted by atomic mass is 10.1. The second-order valence-electron chi connectivity index (χ2n) is 4.21. The molecule has 0 saturated heterocycles. The third-order valence-electron chi connectivity index (χ3n) is 2.65. The Morgan fingerprint density at radius 2 is 1.90 bits per heavy atom. The predicted molar refractivity (Wildman–Crippen MR) is 85.7 cm³/mol. The SMILES string of the molecule is CSc1nnc(SCc2noc(-c3ccc(C)cc3)n2)s1. The van der Waals surface area contributed by atoms with Gasteiger partial charge in [0.2, 0.25) is 0 Å². The third-order valence-corrected chi connectivity index (χ3v) is 5.68. The monoisotopic (exact) mass is 336 g/mol. The van der Waals surface area contributed by atoms with Crippen LogP contribution in [0.15, 0.2) is 37.5 Å². The molecule has 0 N–H and O–H groups in total. The van der Waals surface area contributed by atoms with E-state index in [2.05, 4.69) is 20.3 Å². The minimum Gasteiger partial charge on any atom is -0.334 e. The van der Waals surface area contributed by atoms with Gasteiger partial charge in [0.1, 0.15) is 0 Å². The number of thioether (sulfide) groups is 2. The standard InChI is InChI=1S/C13H12N4OS3/c1-8-3-5-9(6-4-8)11-14-10(17-18-11)7-20-13-16-15-12(19-2)21-13/h3-6H,7H2,1-2H3. The topological polar surface area (TPSA) is 64.7 Å². The van der Waals surface area contributed by atoms with Crippen molar-refractivity contribution in [2.75, 3.05) is 6.26 Å². The second kappa shape index (κ2) is 6.59. The summed E-state index contributed by atoms with van der Waals surface area (Å²) in [5.41, 5.74) is 2.14. The Morgan fingerprint density at radius 3 is 2.62 bits per heavy atom. The minimum absolute atomic E-state index is 0.549. The largest absolute Gasteiger partial charge is 0.334 e. The Labute approximate surface area is 134 Å². The van der Waals surface area contributed by atoms with Crippen LogP contribution in [0.1, 0.15) is 11.4 Å². The van der Waals surface area contributed by atoms with Crippen molar-refractivity contribution in [3.63, 3.8) is 0 Å². The van der Waals surface area contributed by atoms with Crippen molar-refractivity contribution >= 4 is 34.9 Å². The van der Waals surface area contributed by atoms with E-state index in [1.165, 1.54) is 5.56 Å². The first-order valence-corrected chi connectivity index (χ1v) is 9.17. The van der Waals surface area contributed by atoms with Crippen LogP contribution in [-0.2, 0) is 5.75 Å². The first-order chi connectivity index (χ1) is 10.2. The zero-order valence-corrected chi connectivity index (χ0v) is 13.9. The molecule has 0 fully saturated rings. The van der Waals surface area contributed by atoms with Crippen LogP contribution in [0.2, 0.25) is 0 Å². The predicted octanol–water partition coefficient (Wildman–Crippen LogP) is 3.91. The van der Waals surface area contributed by atoms with Gasteiger partial charge in [0.25, 0.3) is 5.89 Å². The summed E-state index contributed by atoms with van der Waals surface area (Å²) in [7, 11) is 0. The molecule has 0 bridgehead atoms. The first-order valence-electron chi connectivity index (χ1n) is 6.14. The molecule has 3 rings (SSSR count). The summed E-state index contributed by atoms with van der Waals surface area (Å²) in [4.78, 5) is 4.40. The maximum Gasteiger partial charge on any atom is 0.257 e. The van der Waals surface area contributed by atoms with Crippen molar-refractivity contribution in [3.05, 3.63) is 35.7 Å². The number of aryl methyl sites for hydroxylation is 1. The molecule has 108 valence electrons. The van der Waals surface area contributed by atoms with Gasteiger partial charge in [0.05, 0.1) is 5.75 Å². The molecule has 3 aromatic rings. The van der Waals surface area contributed by atoms with Crippen LogP contribution in [0.5, 0.6) is 0 Å². The molecular formula is C13H12N4OS3. The summed E-state index contributed by atoms with van der Waals surface area (Å²) in [5, 5.41) is 12.2. The molecule has 0 spiro atoms. The number of rotatable bonds is 5. The quantitative estimate of drug-likeness (QED) is 0.654. The van der Waals surface area contributed by atoms with Crippen molar-refractivity contribution in [3.8, 4) is 11.5 Å². The fourth-order valence-electron chi connectivity index (χ4n) is 1.59. The van der Waals surface area contributed by atoms with E-state index in [-0.39, 0.29) is 0 Å². The van der Waals surface area contributed by atoms with Crippen LogP contribution in [-0.4, -0.2) is 26.6 Å². The third kappa shape index (κ3) is 3.63. The van der Waals surface area contributed by atoms with Crippen LogP contribution in [0, 0.1) is 6.92 Å². The Balaban J connectivity index is 1.66. The molecule has 0 atom stereocenters. The molecule has 2 aromatic heterocycles. The molecule has 2 heterocycles. The Bertz CT molecular complexity index is 723. The van der Waals surface area contributed by atoms with Gasteiger partial charge in [-0.3, -0.25) is 0 Å². The van der Waals surface area contributed by atoms with E-state index in [0.717, 1.165) is 14.2 Å². The summed E-state index contributed by atoms with van der Waals surface area (Å²) in [6.07, 6.45) is 1.99. The second-order valence-corrected chi connectivity index (χ2v) is 7.46.